The SMILES string of the molecule is CCOC(=O)Cc1ccc(OC2CCN(CC(O)(c3cn(Cc4cccc(OC)c4)c4cc(C#N)ccc34)C(F)(F)F)CC2)c(OC)c1. The molecule has 9 nitrogen and oxygen atoms in total. The van der Waals surface area contributed by atoms with E-state index in [1.54, 1.807) is 52.8 Å². The second kappa shape index (κ2) is 14.6. The highest BCUT2D eigenvalue weighted by Gasteiger charge is 2.57. The highest BCUT2D eigenvalue weighted by atomic mass is 19.4. The number of nitrogens with zero attached hydrogens (tertiary/aromatic N) is 3. The minimum atomic E-state index is -5.00. The van der Waals surface area contributed by atoms with Gasteiger partial charge >= 0.3 is 12.1 Å². The topological polar surface area (TPSA) is 106 Å². The van der Waals surface area contributed by atoms with Gasteiger partial charge < -0.3 is 28.6 Å². The number of halogens is 3. The second-order valence-corrected chi connectivity index (χ2v) is 11.8. The molecule has 1 saturated heterocycles. The normalized spacial score (nSPS) is 15.5. The van der Waals surface area contributed by atoms with Crippen LogP contribution < -0.4 is 14.2 Å². The molecule has 3 aromatic carbocycles. The first-order chi connectivity index (χ1) is 23.0. The van der Waals surface area contributed by atoms with E-state index < -0.39 is 18.3 Å². The number of nitriles is 1. The number of carbonyl (C=O) groups excluding carboxylic acids is 1. The molecule has 4 aromatic rings. The first kappa shape index (κ1) is 34.6. The number of likely N-dealkylation sites (tertiary alicyclic amines) is 1. The maximum absolute atomic E-state index is 14.9. The minimum Gasteiger partial charge on any atom is -0.497 e. The van der Waals surface area contributed by atoms with Crippen LogP contribution in [0, 0.1) is 11.3 Å². The Morgan fingerprint density at radius 2 is 1.77 bits per heavy atom. The lowest BCUT2D eigenvalue weighted by molar-refractivity contribution is -0.272. The number of hydrogen-bond acceptors (Lipinski definition) is 8. The van der Waals surface area contributed by atoms with Gasteiger partial charge in [-0.3, -0.25) is 9.69 Å². The minimum absolute atomic E-state index is 0.0874. The monoisotopic (exact) mass is 665 g/mol. The number of esters is 1. The molecule has 1 N–H and O–H groups in total. The fourth-order valence-corrected chi connectivity index (χ4v) is 6.10. The van der Waals surface area contributed by atoms with Crippen LogP contribution in [0.4, 0.5) is 13.2 Å². The number of ether oxygens (including phenoxy) is 4. The molecule has 1 fully saturated rings. The van der Waals surface area contributed by atoms with Gasteiger partial charge in [0.15, 0.2) is 11.5 Å². The van der Waals surface area contributed by atoms with E-state index in [9.17, 15) is 28.3 Å². The Bertz CT molecular complexity index is 1790. The van der Waals surface area contributed by atoms with E-state index in [1.165, 1.54) is 38.6 Å². The van der Waals surface area contributed by atoms with Crippen LogP contribution >= 0.6 is 0 Å². The maximum atomic E-state index is 14.9. The zero-order valence-corrected chi connectivity index (χ0v) is 27.0. The van der Waals surface area contributed by atoms with Gasteiger partial charge in [-0.2, -0.15) is 18.4 Å². The molecule has 0 bridgehead atoms. The van der Waals surface area contributed by atoms with E-state index >= 15 is 0 Å². The number of rotatable bonds is 12. The Morgan fingerprint density at radius 3 is 2.44 bits per heavy atom. The molecule has 1 aliphatic rings. The molecule has 0 radical (unpaired) electrons. The number of piperidine rings is 1. The van der Waals surface area contributed by atoms with Gasteiger partial charge in [-0.1, -0.05) is 24.3 Å². The Morgan fingerprint density at radius 1 is 1.00 bits per heavy atom. The molecular weight excluding hydrogens is 627 g/mol. The van der Waals surface area contributed by atoms with Crippen molar-refractivity contribution in [2.24, 2.45) is 0 Å². The van der Waals surface area contributed by atoms with Crippen LogP contribution in [0.15, 0.2) is 66.9 Å². The predicted octanol–water partition coefficient (Wildman–Crippen LogP) is 5.98. The van der Waals surface area contributed by atoms with Crippen molar-refractivity contribution in [1.29, 1.82) is 5.26 Å². The number of β-amino-alcohol motifs (C(OH)–C–C–N with tert-alkyl or cyclic N) is 1. The summed E-state index contributed by atoms with van der Waals surface area (Å²) in [5, 5.41) is 21.3. The smallest absolute Gasteiger partial charge is 0.422 e. The van der Waals surface area contributed by atoms with E-state index in [1.807, 2.05) is 6.07 Å². The molecular formula is C36H38F3N3O6. The highest BCUT2D eigenvalue weighted by molar-refractivity contribution is 5.86. The molecule has 2 heterocycles. The Kier molecular flexibility index (Phi) is 10.5. The third-order valence-electron chi connectivity index (χ3n) is 8.58. The molecule has 0 saturated carbocycles. The van der Waals surface area contributed by atoms with Gasteiger partial charge in [0, 0.05) is 43.3 Å². The van der Waals surface area contributed by atoms with Gasteiger partial charge in [0.05, 0.1) is 44.4 Å². The van der Waals surface area contributed by atoms with Crippen molar-refractivity contribution in [3.05, 3.63) is 89.1 Å². The zero-order valence-electron chi connectivity index (χ0n) is 27.0. The van der Waals surface area contributed by atoms with Crippen LogP contribution in [0.3, 0.4) is 0 Å². The summed E-state index contributed by atoms with van der Waals surface area (Å²) in [6, 6.07) is 18.9. The molecule has 1 aromatic heterocycles. The van der Waals surface area contributed by atoms with Crippen LogP contribution in [0.1, 0.15) is 42.0 Å². The fraction of sp³-hybridized carbons (Fsp3) is 0.389. The van der Waals surface area contributed by atoms with Gasteiger partial charge in [-0.05, 0) is 67.3 Å². The Labute approximate surface area is 277 Å². The standard InChI is InChI=1S/C36H38F3N3O6/c1-4-47-34(43)19-24-9-11-32(33(18-24)46-3)48-27-12-14-41(15-13-27)23-35(44,36(37,38)39)30-22-42(21-26-6-5-7-28(16-26)45-2)31-17-25(20-40)8-10-29(30)31/h5-11,16-18,22,27,44H,4,12-15,19,21,23H2,1-3H3. The number of fused-ring (bicyclic) bond motifs is 1. The van der Waals surface area contributed by atoms with Gasteiger partial charge in [0.2, 0.25) is 5.60 Å². The highest BCUT2D eigenvalue weighted by Crippen LogP contribution is 2.44. The number of aliphatic hydroxyl groups is 1. The van der Waals surface area contributed by atoms with Crippen molar-refractivity contribution in [1.82, 2.24) is 9.47 Å². The van der Waals surface area contributed by atoms with Gasteiger partial charge in [0.25, 0.3) is 0 Å². The molecule has 0 amide bonds. The molecule has 0 aliphatic carbocycles. The summed E-state index contributed by atoms with van der Waals surface area (Å²) in [7, 11) is 3.02. The fourth-order valence-electron chi connectivity index (χ4n) is 6.10. The molecule has 254 valence electrons. The summed E-state index contributed by atoms with van der Waals surface area (Å²) in [6.07, 6.45) is -3.02. The van der Waals surface area contributed by atoms with Gasteiger partial charge in [-0.15, -0.1) is 0 Å². The first-order valence-corrected chi connectivity index (χ1v) is 15.6. The summed E-state index contributed by atoms with van der Waals surface area (Å²) in [4.78, 5) is 13.5. The molecule has 0 spiro atoms. The number of carbonyl (C=O) groups is 1. The summed E-state index contributed by atoms with van der Waals surface area (Å²) < 4.78 is 68.4. The van der Waals surface area contributed by atoms with Crippen molar-refractivity contribution < 1.29 is 42.0 Å². The average Bonchev–Trinajstić information content (AvgIpc) is 3.43. The number of alkyl halides is 3. The van der Waals surface area contributed by atoms with Crippen molar-refractivity contribution in [3.8, 4) is 23.3 Å². The summed E-state index contributed by atoms with van der Waals surface area (Å²) >= 11 is 0. The zero-order chi connectivity index (χ0) is 34.5. The average molecular weight is 666 g/mol. The quantitative estimate of drug-likeness (QED) is 0.185. The first-order valence-electron chi connectivity index (χ1n) is 15.6. The number of benzene rings is 3. The molecule has 12 heteroatoms. The summed E-state index contributed by atoms with van der Waals surface area (Å²) in [5.74, 6) is 1.16. The van der Waals surface area contributed by atoms with Gasteiger partial charge in [0.1, 0.15) is 11.9 Å². The molecule has 48 heavy (non-hydrogen) atoms. The van der Waals surface area contributed by atoms with Crippen LogP contribution in [0.25, 0.3) is 10.9 Å². The molecule has 5 rings (SSSR count). The van der Waals surface area contributed by atoms with Crippen LogP contribution in [-0.4, -0.2) is 73.3 Å². The van der Waals surface area contributed by atoms with Crippen LogP contribution in [0.5, 0.6) is 17.2 Å². The van der Waals surface area contributed by atoms with E-state index in [-0.39, 0.29) is 55.7 Å². The lowest BCUT2D eigenvalue weighted by Crippen LogP contribution is -2.53. The van der Waals surface area contributed by atoms with E-state index in [2.05, 4.69) is 6.07 Å². The maximum Gasteiger partial charge on any atom is 0.422 e. The number of aromatic nitrogens is 1. The van der Waals surface area contributed by atoms with Crippen LogP contribution in [-0.2, 0) is 28.1 Å². The molecule has 1 atom stereocenters. The van der Waals surface area contributed by atoms with Crippen molar-refractivity contribution in [3.63, 3.8) is 0 Å². The van der Waals surface area contributed by atoms with Crippen molar-refractivity contribution >= 4 is 16.9 Å². The number of hydrogen-bond donors (Lipinski definition) is 1. The Hall–Kier alpha value is -4.73. The summed E-state index contributed by atoms with van der Waals surface area (Å²) in [6.45, 7) is 2.06. The molecule has 1 unspecified atom stereocenters. The van der Waals surface area contributed by atoms with E-state index in [4.69, 9.17) is 18.9 Å². The third kappa shape index (κ3) is 7.53. The van der Waals surface area contributed by atoms with E-state index in [0.29, 0.717) is 46.7 Å². The number of methoxy groups -OCH3 is 2. The predicted molar refractivity (Wildman–Crippen MR) is 172 cm³/mol. The Balaban J connectivity index is 1.35. The lowest BCUT2D eigenvalue weighted by atomic mass is 9.90. The van der Waals surface area contributed by atoms with Crippen LogP contribution in [0.2, 0.25) is 0 Å². The molecule has 1 aliphatic heterocycles. The largest absolute Gasteiger partial charge is 0.497 e. The van der Waals surface area contributed by atoms with Crippen molar-refractivity contribution in [2.45, 2.75) is 50.6 Å². The van der Waals surface area contributed by atoms with Gasteiger partial charge in [-0.25, -0.2) is 0 Å². The van der Waals surface area contributed by atoms with Crippen molar-refractivity contribution in [2.75, 3.05) is 40.5 Å². The van der Waals surface area contributed by atoms with E-state index in [0.717, 1.165) is 5.56 Å². The third-order valence-corrected chi connectivity index (χ3v) is 8.58. The lowest BCUT2D eigenvalue weighted by Gasteiger charge is -2.39. The summed E-state index contributed by atoms with van der Waals surface area (Å²) in [5.41, 5.74) is -1.28. The second-order valence-electron chi connectivity index (χ2n) is 11.8.